The average Bonchev–Trinajstić information content (AvgIpc) is 3.68. The standard InChI is InChI=1S/C62H56N2/c1-59-37-17-19-39-61(59,3)63(51-25-13-7-14-26-51)57-35-33-49(43-55(57)59)53-41-48(32-30-46-23-11-6-12-24-46)54(42-47(53)31-29-45-21-9-5-10-22-45)50-34-36-58-56(44-50)60(2)38-18-20-40-62(60,4)64(58)52-27-15-8-16-28-52/h5-16,21-28,33-36,41-44H,17-20,37-40H2,1-4H3. The van der Waals surface area contributed by atoms with Crippen LogP contribution < -0.4 is 9.80 Å². The number of rotatable bonds is 4. The summed E-state index contributed by atoms with van der Waals surface area (Å²) in [4.78, 5) is 5.32. The molecule has 4 unspecified atom stereocenters. The molecule has 314 valence electrons. The molecule has 4 aliphatic rings. The fourth-order valence-electron chi connectivity index (χ4n) is 12.4. The molecule has 0 N–H and O–H groups in total. The summed E-state index contributed by atoms with van der Waals surface area (Å²) in [5.41, 5.74) is 16.6. The summed E-state index contributed by atoms with van der Waals surface area (Å²) < 4.78 is 0. The zero-order chi connectivity index (χ0) is 43.5. The lowest BCUT2D eigenvalue weighted by molar-refractivity contribution is 0.195. The predicted octanol–water partition coefficient (Wildman–Crippen LogP) is 15.3. The van der Waals surface area contributed by atoms with Gasteiger partial charge in [0.25, 0.3) is 0 Å². The summed E-state index contributed by atoms with van der Waals surface area (Å²) in [5.74, 6) is 14.6. The van der Waals surface area contributed by atoms with E-state index in [1.54, 1.807) is 0 Å². The Morgan fingerprint density at radius 1 is 0.375 bits per heavy atom. The van der Waals surface area contributed by atoms with Crippen molar-refractivity contribution < 1.29 is 0 Å². The molecule has 0 amide bonds. The highest BCUT2D eigenvalue weighted by atomic mass is 15.3. The summed E-state index contributed by atoms with van der Waals surface area (Å²) >= 11 is 0. The Kier molecular flexibility index (Phi) is 9.71. The molecule has 2 heteroatoms. The molecule has 2 heterocycles. The predicted molar refractivity (Wildman–Crippen MR) is 268 cm³/mol. The molecule has 0 aromatic heterocycles. The van der Waals surface area contributed by atoms with E-state index in [1.807, 2.05) is 0 Å². The van der Waals surface area contributed by atoms with Gasteiger partial charge in [-0.3, -0.25) is 0 Å². The fourth-order valence-corrected chi connectivity index (χ4v) is 12.4. The van der Waals surface area contributed by atoms with Crippen molar-refractivity contribution in [1.82, 2.24) is 0 Å². The maximum atomic E-state index is 3.74. The lowest BCUT2D eigenvalue weighted by Gasteiger charge is -2.50. The number of hydrogen-bond acceptors (Lipinski definition) is 2. The van der Waals surface area contributed by atoms with Crippen molar-refractivity contribution in [3.05, 3.63) is 203 Å². The van der Waals surface area contributed by atoms with Gasteiger partial charge < -0.3 is 9.80 Å². The molecule has 2 aliphatic heterocycles. The van der Waals surface area contributed by atoms with Crippen LogP contribution in [0, 0.1) is 23.7 Å². The van der Waals surface area contributed by atoms with E-state index >= 15 is 0 Å². The van der Waals surface area contributed by atoms with Gasteiger partial charge in [0.05, 0.1) is 11.1 Å². The van der Waals surface area contributed by atoms with Gasteiger partial charge in [-0.1, -0.05) is 148 Å². The van der Waals surface area contributed by atoms with Gasteiger partial charge in [-0.2, -0.15) is 0 Å². The minimum Gasteiger partial charge on any atom is -0.334 e. The molecule has 2 aliphatic carbocycles. The minimum absolute atomic E-state index is 0.0139. The van der Waals surface area contributed by atoms with Crippen LogP contribution in [-0.2, 0) is 10.8 Å². The van der Waals surface area contributed by atoms with E-state index in [4.69, 9.17) is 0 Å². The zero-order valence-electron chi connectivity index (χ0n) is 37.7. The largest absolute Gasteiger partial charge is 0.334 e. The summed E-state index contributed by atoms with van der Waals surface area (Å²) in [6.07, 6.45) is 9.60. The maximum Gasteiger partial charge on any atom is 0.0517 e. The molecule has 0 radical (unpaired) electrons. The van der Waals surface area contributed by atoms with E-state index in [-0.39, 0.29) is 21.9 Å². The van der Waals surface area contributed by atoms with E-state index in [2.05, 4.69) is 231 Å². The molecule has 2 fully saturated rings. The normalized spacial score (nSPS) is 24.0. The molecule has 7 aromatic rings. The number of para-hydroxylation sites is 2. The van der Waals surface area contributed by atoms with Crippen LogP contribution in [0.3, 0.4) is 0 Å². The molecule has 4 atom stereocenters. The van der Waals surface area contributed by atoms with Crippen LogP contribution in [-0.4, -0.2) is 11.1 Å². The van der Waals surface area contributed by atoms with Gasteiger partial charge in [0, 0.05) is 55.8 Å². The summed E-state index contributed by atoms with van der Waals surface area (Å²) in [5, 5.41) is 0. The van der Waals surface area contributed by atoms with Crippen LogP contribution in [0.2, 0.25) is 0 Å². The molecule has 2 saturated carbocycles. The number of anilines is 4. The molecular weight excluding hydrogens is 773 g/mol. The number of nitrogens with zero attached hydrogens (tertiary/aromatic N) is 2. The second-order valence-electron chi connectivity index (χ2n) is 19.6. The Morgan fingerprint density at radius 3 is 1.12 bits per heavy atom. The first-order valence-corrected chi connectivity index (χ1v) is 23.5. The van der Waals surface area contributed by atoms with Crippen LogP contribution in [0.5, 0.6) is 0 Å². The Bertz CT molecular complexity index is 2810. The van der Waals surface area contributed by atoms with Crippen LogP contribution in [0.4, 0.5) is 22.7 Å². The third-order valence-corrected chi connectivity index (χ3v) is 16.2. The van der Waals surface area contributed by atoms with Crippen LogP contribution >= 0.6 is 0 Å². The Balaban J connectivity index is 1.13. The summed E-state index contributed by atoms with van der Waals surface area (Å²) in [6, 6.07) is 62.1. The molecule has 11 rings (SSSR count). The number of benzene rings is 7. The van der Waals surface area contributed by atoms with Crippen LogP contribution in [0.15, 0.2) is 170 Å². The van der Waals surface area contributed by atoms with E-state index in [9.17, 15) is 0 Å². The first-order chi connectivity index (χ1) is 31.2. The third kappa shape index (κ3) is 6.26. The van der Waals surface area contributed by atoms with Crippen molar-refractivity contribution in [3.63, 3.8) is 0 Å². The van der Waals surface area contributed by atoms with E-state index in [1.165, 1.54) is 70.7 Å². The second kappa shape index (κ2) is 15.5. The first kappa shape index (κ1) is 40.1. The Labute approximate surface area is 381 Å². The van der Waals surface area contributed by atoms with Crippen LogP contribution in [0.25, 0.3) is 22.3 Å². The highest BCUT2D eigenvalue weighted by Crippen LogP contribution is 2.63. The van der Waals surface area contributed by atoms with Gasteiger partial charge in [-0.05, 0) is 158 Å². The van der Waals surface area contributed by atoms with Crippen LogP contribution in [0.1, 0.15) is 112 Å². The van der Waals surface area contributed by atoms with Gasteiger partial charge in [0.1, 0.15) is 0 Å². The topological polar surface area (TPSA) is 6.48 Å². The van der Waals surface area contributed by atoms with Gasteiger partial charge in [0.2, 0.25) is 0 Å². The lowest BCUT2D eigenvalue weighted by Crippen LogP contribution is -2.54. The van der Waals surface area contributed by atoms with Crippen molar-refractivity contribution in [3.8, 4) is 45.9 Å². The minimum atomic E-state index is -0.0333. The molecule has 2 nitrogen and oxygen atoms in total. The van der Waals surface area contributed by atoms with Gasteiger partial charge in [0.15, 0.2) is 0 Å². The molecular formula is C62H56N2. The zero-order valence-corrected chi connectivity index (χ0v) is 37.7. The van der Waals surface area contributed by atoms with Gasteiger partial charge in [-0.25, -0.2) is 0 Å². The highest BCUT2D eigenvalue weighted by molar-refractivity contribution is 5.87. The van der Waals surface area contributed by atoms with Gasteiger partial charge in [-0.15, -0.1) is 0 Å². The Morgan fingerprint density at radius 2 is 0.734 bits per heavy atom. The lowest BCUT2D eigenvalue weighted by atomic mass is 9.61. The smallest absolute Gasteiger partial charge is 0.0517 e. The fraction of sp³-hybridized carbons (Fsp3) is 0.258. The second-order valence-corrected chi connectivity index (χ2v) is 19.6. The number of hydrogen-bond donors (Lipinski definition) is 0. The Hall–Kier alpha value is -6.74. The monoisotopic (exact) mass is 828 g/mol. The molecule has 0 spiro atoms. The average molecular weight is 829 g/mol. The molecule has 7 aromatic carbocycles. The molecule has 0 bridgehead atoms. The van der Waals surface area contributed by atoms with E-state index < -0.39 is 0 Å². The maximum absolute atomic E-state index is 3.74. The SMILES string of the molecule is CC12CCCCC1(C)N(c1ccccc1)c1ccc(-c3cc(C#Cc4ccccc4)c(-c4ccc5c(c4)C4(C)CCCCC4(C)N5c4ccccc4)cc3C#Cc3ccccc3)cc12. The third-order valence-electron chi connectivity index (χ3n) is 16.2. The summed E-state index contributed by atoms with van der Waals surface area (Å²) in [7, 11) is 0. The van der Waals surface area contributed by atoms with Gasteiger partial charge >= 0.3 is 0 Å². The van der Waals surface area contributed by atoms with Crippen molar-refractivity contribution in [2.45, 2.75) is 101 Å². The highest BCUT2D eigenvalue weighted by Gasteiger charge is 2.59. The van der Waals surface area contributed by atoms with Crippen molar-refractivity contribution in [2.24, 2.45) is 0 Å². The van der Waals surface area contributed by atoms with E-state index in [0.29, 0.717) is 0 Å². The van der Waals surface area contributed by atoms with Crippen molar-refractivity contribution >= 4 is 22.7 Å². The quantitative estimate of drug-likeness (QED) is 0.163. The van der Waals surface area contributed by atoms with Crippen molar-refractivity contribution in [2.75, 3.05) is 9.80 Å². The van der Waals surface area contributed by atoms with E-state index in [0.717, 1.165) is 59.1 Å². The molecule has 64 heavy (non-hydrogen) atoms. The molecule has 0 saturated heterocycles. The summed E-state index contributed by atoms with van der Waals surface area (Å²) in [6.45, 7) is 10.1. The van der Waals surface area contributed by atoms with Crippen molar-refractivity contribution in [1.29, 1.82) is 0 Å². The first-order valence-electron chi connectivity index (χ1n) is 23.5. The number of fused-ring (bicyclic) bond motifs is 6.